The predicted molar refractivity (Wildman–Crippen MR) is 102 cm³/mol. The highest BCUT2D eigenvalue weighted by Gasteiger charge is 2.07. The molecular formula is C23H23FO. The summed E-state index contributed by atoms with van der Waals surface area (Å²) in [6, 6.07) is 20.8. The molecule has 0 aliphatic heterocycles. The van der Waals surface area contributed by atoms with E-state index in [1.54, 1.807) is 6.07 Å². The molecule has 0 saturated heterocycles. The highest BCUT2D eigenvalue weighted by Crippen LogP contribution is 2.28. The molecular weight excluding hydrogens is 311 g/mol. The Bertz CT molecular complexity index is 835. The zero-order chi connectivity index (χ0) is 17.8. The normalized spacial score (nSPS) is 12.1. The molecule has 0 heterocycles. The second-order valence-electron chi connectivity index (χ2n) is 6.66. The molecule has 128 valence electrons. The van der Waals surface area contributed by atoms with Gasteiger partial charge < -0.3 is 5.11 Å². The van der Waals surface area contributed by atoms with Crippen LogP contribution < -0.4 is 0 Å². The minimum absolute atomic E-state index is 0.0599. The van der Waals surface area contributed by atoms with Crippen LogP contribution in [0.25, 0.3) is 22.3 Å². The Hall–Kier alpha value is -2.61. The lowest BCUT2D eigenvalue weighted by molar-refractivity contribution is 0.469. The van der Waals surface area contributed by atoms with Gasteiger partial charge in [0.1, 0.15) is 11.6 Å². The van der Waals surface area contributed by atoms with Gasteiger partial charge in [-0.25, -0.2) is 4.39 Å². The van der Waals surface area contributed by atoms with E-state index in [2.05, 4.69) is 38.1 Å². The summed E-state index contributed by atoms with van der Waals surface area (Å²) in [7, 11) is 0. The molecule has 0 aliphatic carbocycles. The van der Waals surface area contributed by atoms with Crippen LogP contribution in [0.4, 0.5) is 4.39 Å². The molecule has 2 heteroatoms. The molecule has 25 heavy (non-hydrogen) atoms. The molecule has 3 rings (SSSR count). The van der Waals surface area contributed by atoms with Crippen LogP contribution in [0.15, 0.2) is 66.7 Å². The fraction of sp³-hybridized carbons (Fsp3) is 0.217. The molecule has 0 radical (unpaired) electrons. The van der Waals surface area contributed by atoms with Crippen molar-refractivity contribution < 1.29 is 9.50 Å². The van der Waals surface area contributed by atoms with Crippen LogP contribution >= 0.6 is 0 Å². The smallest absolute Gasteiger partial charge is 0.134 e. The minimum Gasteiger partial charge on any atom is -0.508 e. The molecule has 1 atom stereocenters. The summed E-state index contributed by atoms with van der Waals surface area (Å²) in [5, 5.41) is 9.33. The Morgan fingerprint density at radius 2 is 1.40 bits per heavy atom. The van der Waals surface area contributed by atoms with Crippen LogP contribution in [0.5, 0.6) is 5.75 Å². The molecule has 3 aromatic carbocycles. The number of rotatable bonds is 5. The monoisotopic (exact) mass is 334 g/mol. The third-order valence-corrected chi connectivity index (χ3v) is 4.72. The number of hydrogen-bond acceptors (Lipinski definition) is 1. The Balaban J connectivity index is 1.80. The van der Waals surface area contributed by atoms with E-state index in [9.17, 15) is 9.50 Å². The lowest BCUT2D eigenvalue weighted by Crippen LogP contribution is -1.97. The average molecular weight is 334 g/mol. The highest BCUT2D eigenvalue weighted by atomic mass is 19.1. The average Bonchev–Trinajstić information content (AvgIpc) is 2.62. The molecule has 0 spiro atoms. The lowest BCUT2D eigenvalue weighted by atomic mass is 9.96. The van der Waals surface area contributed by atoms with Gasteiger partial charge in [0, 0.05) is 11.6 Å². The quantitative estimate of drug-likeness (QED) is 0.568. The number of phenolic OH excluding ortho intramolecular Hbond substituents is 1. The lowest BCUT2D eigenvalue weighted by Gasteiger charge is -2.10. The van der Waals surface area contributed by atoms with Crippen molar-refractivity contribution in [2.75, 3.05) is 0 Å². The summed E-state index contributed by atoms with van der Waals surface area (Å²) in [6.45, 7) is 4.49. The molecule has 1 N–H and O–H groups in total. The zero-order valence-electron chi connectivity index (χ0n) is 14.7. The van der Waals surface area contributed by atoms with E-state index in [1.807, 2.05) is 24.3 Å². The topological polar surface area (TPSA) is 20.2 Å². The van der Waals surface area contributed by atoms with Gasteiger partial charge in [0.25, 0.3) is 0 Å². The fourth-order valence-electron chi connectivity index (χ4n) is 2.96. The van der Waals surface area contributed by atoms with Crippen molar-refractivity contribution in [2.45, 2.75) is 26.7 Å². The van der Waals surface area contributed by atoms with Crippen molar-refractivity contribution >= 4 is 0 Å². The second-order valence-corrected chi connectivity index (χ2v) is 6.66. The molecule has 0 amide bonds. The van der Waals surface area contributed by atoms with E-state index in [-0.39, 0.29) is 5.75 Å². The van der Waals surface area contributed by atoms with Crippen molar-refractivity contribution in [3.05, 3.63) is 78.1 Å². The first kappa shape index (κ1) is 17.2. The van der Waals surface area contributed by atoms with Crippen molar-refractivity contribution in [3.63, 3.8) is 0 Å². The van der Waals surface area contributed by atoms with Gasteiger partial charge in [0.2, 0.25) is 0 Å². The van der Waals surface area contributed by atoms with Gasteiger partial charge in [-0.3, -0.25) is 0 Å². The van der Waals surface area contributed by atoms with Crippen molar-refractivity contribution in [1.29, 1.82) is 0 Å². The van der Waals surface area contributed by atoms with Gasteiger partial charge in [-0.15, -0.1) is 0 Å². The minimum atomic E-state index is -0.415. The van der Waals surface area contributed by atoms with Gasteiger partial charge in [0.15, 0.2) is 0 Å². The first-order valence-electron chi connectivity index (χ1n) is 8.75. The number of hydrogen-bond donors (Lipinski definition) is 1. The Kier molecular flexibility index (Phi) is 5.18. The van der Waals surface area contributed by atoms with Crippen molar-refractivity contribution in [3.8, 4) is 28.0 Å². The van der Waals surface area contributed by atoms with E-state index in [0.29, 0.717) is 11.5 Å². The maximum atomic E-state index is 14.0. The fourth-order valence-corrected chi connectivity index (χ4v) is 2.96. The molecule has 0 saturated carbocycles. The van der Waals surface area contributed by atoms with Gasteiger partial charge in [0.05, 0.1) is 0 Å². The first-order chi connectivity index (χ1) is 12.1. The number of aromatic hydroxyl groups is 1. The maximum absolute atomic E-state index is 14.0. The number of phenols is 1. The van der Waals surface area contributed by atoms with Crippen LogP contribution in [0, 0.1) is 11.7 Å². The maximum Gasteiger partial charge on any atom is 0.134 e. The first-order valence-corrected chi connectivity index (χ1v) is 8.75. The van der Waals surface area contributed by atoms with Crippen LogP contribution in [0.2, 0.25) is 0 Å². The van der Waals surface area contributed by atoms with Crippen LogP contribution in [-0.4, -0.2) is 5.11 Å². The molecule has 0 fully saturated rings. The molecule has 3 aromatic rings. The van der Waals surface area contributed by atoms with Crippen molar-refractivity contribution in [1.82, 2.24) is 0 Å². The van der Waals surface area contributed by atoms with Crippen molar-refractivity contribution in [2.24, 2.45) is 5.92 Å². The van der Waals surface area contributed by atoms with Crippen LogP contribution in [0.1, 0.15) is 25.8 Å². The van der Waals surface area contributed by atoms with E-state index < -0.39 is 5.82 Å². The second kappa shape index (κ2) is 7.52. The summed E-state index contributed by atoms with van der Waals surface area (Å²) in [5.74, 6) is 0.225. The molecule has 0 aromatic heterocycles. The summed E-state index contributed by atoms with van der Waals surface area (Å²) >= 11 is 0. The molecule has 0 bridgehead atoms. The summed E-state index contributed by atoms with van der Waals surface area (Å²) < 4.78 is 14.0. The van der Waals surface area contributed by atoms with Gasteiger partial charge in [-0.1, -0.05) is 68.8 Å². The van der Waals surface area contributed by atoms with Crippen LogP contribution in [0.3, 0.4) is 0 Å². The van der Waals surface area contributed by atoms with E-state index in [0.717, 1.165) is 29.2 Å². The van der Waals surface area contributed by atoms with Gasteiger partial charge >= 0.3 is 0 Å². The predicted octanol–water partition coefficient (Wildman–Crippen LogP) is 6.45. The Morgan fingerprint density at radius 3 is 1.96 bits per heavy atom. The standard InChI is InChI=1S/C23H23FO/c1-3-16(2)14-17-4-6-18(7-5-17)19-8-10-20(11-9-19)22-13-12-21(25)15-23(22)24/h4-13,15-16,25H,3,14H2,1-2H3/t16-/m0/s1. The third-order valence-electron chi connectivity index (χ3n) is 4.72. The van der Waals surface area contributed by atoms with E-state index in [1.165, 1.54) is 18.1 Å². The third kappa shape index (κ3) is 4.08. The summed E-state index contributed by atoms with van der Waals surface area (Å²) in [6.07, 6.45) is 2.30. The number of benzene rings is 3. The number of halogens is 1. The summed E-state index contributed by atoms with van der Waals surface area (Å²) in [5.41, 5.74) is 4.92. The van der Waals surface area contributed by atoms with E-state index in [4.69, 9.17) is 0 Å². The Morgan fingerprint density at radius 1 is 0.840 bits per heavy atom. The zero-order valence-corrected chi connectivity index (χ0v) is 14.7. The van der Waals surface area contributed by atoms with Gasteiger partial charge in [-0.2, -0.15) is 0 Å². The van der Waals surface area contributed by atoms with Crippen LogP contribution in [-0.2, 0) is 6.42 Å². The summed E-state index contributed by atoms with van der Waals surface area (Å²) in [4.78, 5) is 0. The highest BCUT2D eigenvalue weighted by molar-refractivity contribution is 5.71. The van der Waals surface area contributed by atoms with E-state index >= 15 is 0 Å². The molecule has 0 unspecified atom stereocenters. The largest absolute Gasteiger partial charge is 0.508 e. The Labute approximate surface area is 148 Å². The molecule has 1 nitrogen and oxygen atoms in total. The van der Waals surface area contributed by atoms with Gasteiger partial charge in [-0.05, 0) is 46.7 Å². The molecule has 0 aliphatic rings. The SMILES string of the molecule is CC[C@H](C)Cc1ccc(-c2ccc(-c3ccc(O)cc3F)cc2)cc1.